The molecule has 0 aliphatic heterocycles. The van der Waals surface area contributed by atoms with Gasteiger partial charge in [0, 0.05) is 12.0 Å². The van der Waals surface area contributed by atoms with Crippen LogP contribution in [0.5, 0.6) is 5.75 Å². The SMILES string of the molecule is COc1cccc([C@H](C)NC(=O)C(C)C(C)N)c1. The zero-order valence-corrected chi connectivity index (χ0v) is 11.4. The van der Waals surface area contributed by atoms with Crippen molar-refractivity contribution in [1.82, 2.24) is 5.32 Å². The summed E-state index contributed by atoms with van der Waals surface area (Å²) in [5.41, 5.74) is 6.73. The first kappa shape index (κ1) is 14.5. The molecular weight excluding hydrogens is 228 g/mol. The Morgan fingerprint density at radius 3 is 2.56 bits per heavy atom. The molecule has 0 aliphatic rings. The van der Waals surface area contributed by atoms with Crippen molar-refractivity contribution in [2.45, 2.75) is 32.9 Å². The van der Waals surface area contributed by atoms with Gasteiger partial charge in [-0.05, 0) is 31.5 Å². The number of benzene rings is 1. The number of nitrogens with two attached hydrogens (primary N) is 1. The summed E-state index contributed by atoms with van der Waals surface area (Å²) in [6.45, 7) is 5.61. The fourth-order valence-electron chi connectivity index (χ4n) is 1.58. The van der Waals surface area contributed by atoms with Crippen LogP contribution in [0, 0.1) is 5.92 Å². The summed E-state index contributed by atoms with van der Waals surface area (Å²) in [6, 6.07) is 7.45. The van der Waals surface area contributed by atoms with E-state index in [0.29, 0.717) is 0 Å². The van der Waals surface area contributed by atoms with Crippen LogP contribution in [-0.2, 0) is 4.79 Å². The molecule has 0 fully saturated rings. The van der Waals surface area contributed by atoms with Gasteiger partial charge in [-0.2, -0.15) is 0 Å². The number of hydrogen-bond donors (Lipinski definition) is 2. The van der Waals surface area contributed by atoms with Crippen molar-refractivity contribution in [1.29, 1.82) is 0 Å². The normalized spacial score (nSPS) is 15.6. The summed E-state index contributed by atoms with van der Waals surface area (Å²) in [5.74, 6) is 0.562. The molecule has 0 saturated heterocycles. The van der Waals surface area contributed by atoms with Crippen molar-refractivity contribution < 1.29 is 9.53 Å². The molecule has 18 heavy (non-hydrogen) atoms. The zero-order valence-electron chi connectivity index (χ0n) is 11.4. The minimum absolute atomic E-state index is 0.0275. The third-order valence-corrected chi connectivity index (χ3v) is 3.15. The summed E-state index contributed by atoms with van der Waals surface area (Å²) in [5, 5.41) is 2.95. The first-order valence-corrected chi connectivity index (χ1v) is 6.15. The van der Waals surface area contributed by atoms with E-state index in [-0.39, 0.29) is 23.9 Å². The minimum atomic E-state index is -0.196. The van der Waals surface area contributed by atoms with E-state index in [1.807, 2.05) is 45.0 Å². The monoisotopic (exact) mass is 250 g/mol. The van der Waals surface area contributed by atoms with Crippen LogP contribution in [0.2, 0.25) is 0 Å². The van der Waals surface area contributed by atoms with Crippen LogP contribution >= 0.6 is 0 Å². The number of rotatable bonds is 5. The molecule has 1 rings (SSSR count). The van der Waals surface area contributed by atoms with Crippen LogP contribution in [-0.4, -0.2) is 19.1 Å². The number of ether oxygens (including phenoxy) is 1. The van der Waals surface area contributed by atoms with Crippen molar-refractivity contribution in [2.75, 3.05) is 7.11 Å². The Morgan fingerprint density at radius 2 is 2.00 bits per heavy atom. The molecule has 0 aromatic heterocycles. The van der Waals surface area contributed by atoms with Gasteiger partial charge in [-0.15, -0.1) is 0 Å². The lowest BCUT2D eigenvalue weighted by Crippen LogP contribution is -2.39. The maximum absolute atomic E-state index is 11.9. The first-order valence-electron chi connectivity index (χ1n) is 6.15. The van der Waals surface area contributed by atoms with Crippen LogP contribution in [0.4, 0.5) is 0 Å². The van der Waals surface area contributed by atoms with Crippen LogP contribution in [0.3, 0.4) is 0 Å². The van der Waals surface area contributed by atoms with Gasteiger partial charge in [0.05, 0.1) is 13.2 Å². The topological polar surface area (TPSA) is 64.3 Å². The molecule has 0 saturated carbocycles. The molecule has 0 aliphatic carbocycles. The van der Waals surface area contributed by atoms with Gasteiger partial charge in [-0.1, -0.05) is 19.1 Å². The van der Waals surface area contributed by atoms with E-state index in [1.54, 1.807) is 7.11 Å². The van der Waals surface area contributed by atoms with Gasteiger partial charge >= 0.3 is 0 Å². The van der Waals surface area contributed by atoms with Gasteiger partial charge in [0.15, 0.2) is 0 Å². The van der Waals surface area contributed by atoms with E-state index < -0.39 is 0 Å². The molecule has 100 valence electrons. The number of hydrogen-bond acceptors (Lipinski definition) is 3. The first-order chi connectivity index (χ1) is 8.45. The van der Waals surface area contributed by atoms with Crippen molar-refractivity contribution in [3.8, 4) is 5.75 Å². The lowest BCUT2D eigenvalue weighted by atomic mass is 10.0. The zero-order chi connectivity index (χ0) is 13.7. The van der Waals surface area contributed by atoms with Crippen molar-refractivity contribution in [3.63, 3.8) is 0 Å². The molecule has 3 atom stereocenters. The molecule has 2 unspecified atom stereocenters. The summed E-state index contributed by atoms with van der Waals surface area (Å²) in [7, 11) is 1.63. The third kappa shape index (κ3) is 3.74. The van der Waals surface area contributed by atoms with Gasteiger partial charge in [-0.3, -0.25) is 4.79 Å². The Morgan fingerprint density at radius 1 is 1.33 bits per heavy atom. The van der Waals surface area contributed by atoms with E-state index >= 15 is 0 Å². The maximum atomic E-state index is 11.9. The molecule has 4 nitrogen and oxygen atoms in total. The van der Waals surface area contributed by atoms with Crippen LogP contribution in [0.25, 0.3) is 0 Å². The summed E-state index contributed by atoms with van der Waals surface area (Å²) < 4.78 is 5.16. The predicted octanol–water partition coefficient (Wildman–Crippen LogP) is 1.86. The highest BCUT2D eigenvalue weighted by Crippen LogP contribution is 2.19. The average Bonchev–Trinajstić information content (AvgIpc) is 2.37. The second-order valence-electron chi connectivity index (χ2n) is 4.65. The van der Waals surface area contributed by atoms with Crippen molar-refractivity contribution >= 4 is 5.91 Å². The molecule has 3 N–H and O–H groups in total. The molecule has 0 spiro atoms. The second-order valence-corrected chi connectivity index (χ2v) is 4.65. The fraction of sp³-hybridized carbons (Fsp3) is 0.500. The van der Waals surface area contributed by atoms with Crippen molar-refractivity contribution in [3.05, 3.63) is 29.8 Å². The second kappa shape index (κ2) is 6.40. The molecule has 0 bridgehead atoms. The van der Waals surface area contributed by atoms with Crippen LogP contribution in [0.1, 0.15) is 32.4 Å². The molecule has 4 heteroatoms. The number of carbonyl (C=O) groups excluding carboxylic acids is 1. The fourth-order valence-corrected chi connectivity index (χ4v) is 1.58. The molecule has 1 amide bonds. The molecule has 0 radical (unpaired) electrons. The Balaban J connectivity index is 2.70. The van der Waals surface area contributed by atoms with Gasteiger partial charge in [0.1, 0.15) is 5.75 Å². The number of nitrogens with one attached hydrogen (secondary N) is 1. The highest BCUT2D eigenvalue weighted by Gasteiger charge is 2.19. The Bertz CT molecular complexity index is 405. The lowest BCUT2D eigenvalue weighted by molar-refractivity contribution is -0.125. The predicted molar refractivity (Wildman–Crippen MR) is 72.4 cm³/mol. The van der Waals surface area contributed by atoms with Crippen LogP contribution < -0.4 is 15.8 Å². The maximum Gasteiger partial charge on any atom is 0.224 e. The molecule has 1 aromatic carbocycles. The standard InChI is InChI=1S/C14H22N2O2/c1-9(10(2)15)14(17)16-11(3)12-6-5-7-13(8-12)18-4/h5-11H,15H2,1-4H3,(H,16,17)/t9?,10?,11-/m0/s1. The van der Waals surface area contributed by atoms with Gasteiger partial charge in [0.25, 0.3) is 0 Å². The third-order valence-electron chi connectivity index (χ3n) is 3.15. The van der Waals surface area contributed by atoms with E-state index in [4.69, 9.17) is 10.5 Å². The highest BCUT2D eigenvalue weighted by atomic mass is 16.5. The average molecular weight is 250 g/mol. The van der Waals surface area contributed by atoms with E-state index in [2.05, 4.69) is 5.32 Å². The smallest absolute Gasteiger partial charge is 0.224 e. The van der Waals surface area contributed by atoms with Crippen molar-refractivity contribution in [2.24, 2.45) is 11.7 Å². The molecule has 1 aromatic rings. The summed E-state index contributed by atoms with van der Waals surface area (Å²) >= 11 is 0. The number of amides is 1. The van der Waals surface area contributed by atoms with E-state index in [1.165, 1.54) is 0 Å². The lowest BCUT2D eigenvalue weighted by Gasteiger charge is -2.20. The molecule has 0 heterocycles. The highest BCUT2D eigenvalue weighted by molar-refractivity contribution is 5.79. The van der Waals surface area contributed by atoms with E-state index in [0.717, 1.165) is 11.3 Å². The summed E-state index contributed by atoms with van der Waals surface area (Å²) in [6.07, 6.45) is 0. The number of carbonyl (C=O) groups is 1. The Labute approximate surface area is 109 Å². The quantitative estimate of drug-likeness (QED) is 0.838. The summed E-state index contributed by atoms with van der Waals surface area (Å²) in [4.78, 5) is 11.9. The van der Waals surface area contributed by atoms with Gasteiger partial charge in [-0.25, -0.2) is 0 Å². The minimum Gasteiger partial charge on any atom is -0.497 e. The van der Waals surface area contributed by atoms with E-state index in [9.17, 15) is 4.79 Å². The van der Waals surface area contributed by atoms with Gasteiger partial charge < -0.3 is 15.8 Å². The van der Waals surface area contributed by atoms with Crippen LogP contribution in [0.15, 0.2) is 24.3 Å². The molecular formula is C14H22N2O2. The Hall–Kier alpha value is -1.55. The van der Waals surface area contributed by atoms with Gasteiger partial charge in [0.2, 0.25) is 5.91 Å². The number of methoxy groups -OCH3 is 1. The Kier molecular flexibility index (Phi) is 5.16. The largest absolute Gasteiger partial charge is 0.497 e.